The van der Waals surface area contributed by atoms with Crippen molar-refractivity contribution in [1.82, 2.24) is 0 Å². The van der Waals surface area contributed by atoms with Crippen molar-refractivity contribution >= 4 is 16.9 Å². The summed E-state index contributed by atoms with van der Waals surface area (Å²) in [6.45, 7) is 0. The standard InChI is InChI=1S/C7H8N2S/c8-7(9)10-6-4-2-1-3-5-6/h1-5H,(H3,8,9)/p+1. The number of rotatable bonds is 1. The molecule has 0 bridgehead atoms. The number of nitrogens with two attached hydrogens (primary N) is 2. The Morgan fingerprint density at radius 3 is 2.40 bits per heavy atom. The zero-order chi connectivity index (χ0) is 7.40. The molecule has 0 saturated carbocycles. The fourth-order valence-corrected chi connectivity index (χ4v) is 1.19. The Morgan fingerprint density at radius 1 is 1.30 bits per heavy atom. The van der Waals surface area contributed by atoms with Crippen LogP contribution in [0, 0.1) is 0 Å². The average molecular weight is 153 g/mol. The van der Waals surface area contributed by atoms with E-state index in [1.165, 1.54) is 11.8 Å². The Hall–Kier alpha value is -0.960. The highest BCUT2D eigenvalue weighted by Gasteiger charge is 1.96. The van der Waals surface area contributed by atoms with E-state index in [-0.39, 0.29) is 0 Å². The van der Waals surface area contributed by atoms with E-state index in [9.17, 15) is 0 Å². The lowest BCUT2D eigenvalue weighted by Gasteiger charge is -1.91. The molecule has 4 N–H and O–H groups in total. The van der Waals surface area contributed by atoms with Crippen LogP contribution in [0.25, 0.3) is 0 Å². The van der Waals surface area contributed by atoms with Gasteiger partial charge in [-0.2, -0.15) is 0 Å². The smallest absolute Gasteiger partial charge is 0.281 e. The average Bonchev–Trinajstić information content (AvgIpc) is 1.88. The van der Waals surface area contributed by atoms with Crippen molar-refractivity contribution in [2.24, 2.45) is 5.73 Å². The van der Waals surface area contributed by atoms with Crippen molar-refractivity contribution < 1.29 is 5.41 Å². The van der Waals surface area contributed by atoms with Gasteiger partial charge in [-0.15, -0.1) is 0 Å². The minimum Gasteiger partial charge on any atom is -0.281 e. The number of benzene rings is 1. The van der Waals surface area contributed by atoms with Gasteiger partial charge < -0.3 is 0 Å². The van der Waals surface area contributed by atoms with E-state index in [0.29, 0.717) is 5.17 Å². The summed E-state index contributed by atoms with van der Waals surface area (Å²) < 4.78 is 0. The molecule has 0 aromatic heterocycles. The lowest BCUT2D eigenvalue weighted by Crippen LogP contribution is -2.43. The second-order valence-electron chi connectivity index (χ2n) is 1.82. The lowest BCUT2D eigenvalue weighted by atomic mass is 10.4. The van der Waals surface area contributed by atoms with Crippen molar-refractivity contribution in [3.63, 3.8) is 0 Å². The van der Waals surface area contributed by atoms with Gasteiger partial charge in [0.1, 0.15) is 0 Å². The number of amidine groups is 1. The summed E-state index contributed by atoms with van der Waals surface area (Å²) >= 11 is 1.37. The van der Waals surface area contributed by atoms with Crippen molar-refractivity contribution in [2.75, 3.05) is 0 Å². The van der Waals surface area contributed by atoms with Gasteiger partial charge in [0.25, 0.3) is 0 Å². The molecule has 0 spiro atoms. The Kier molecular flexibility index (Phi) is 2.34. The minimum absolute atomic E-state index is 0.381. The molecule has 0 saturated heterocycles. The fraction of sp³-hybridized carbons (Fsp3) is 0. The van der Waals surface area contributed by atoms with E-state index in [4.69, 9.17) is 11.1 Å². The van der Waals surface area contributed by atoms with Gasteiger partial charge in [0, 0.05) is 4.90 Å². The molecule has 0 fully saturated rings. The maximum atomic E-state index is 5.28. The molecule has 1 aromatic rings. The van der Waals surface area contributed by atoms with Gasteiger partial charge in [-0.1, -0.05) is 18.2 Å². The first-order chi connectivity index (χ1) is 4.79. The molecule has 0 heterocycles. The highest BCUT2D eigenvalue weighted by Crippen LogP contribution is 2.13. The Bertz CT molecular complexity index is 220. The van der Waals surface area contributed by atoms with E-state index >= 15 is 0 Å². The lowest BCUT2D eigenvalue weighted by molar-refractivity contribution is -0.110. The zero-order valence-corrected chi connectivity index (χ0v) is 6.27. The molecule has 2 nitrogen and oxygen atoms in total. The normalized spacial score (nSPS) is 9.20. The Labute approximate surface area is 63.9 Å². The summed E-state index contributed by atoms with van der Waals surface area (Å²) in [6, 6.07) is 9.78. The van der Waals surface area contributed by atoms with Gasteiger partial charge in [-0.25, -0.2) is 0 Å². The summed E-state index contributed by atoms with van der Waals surface area (Å²) in [4.78, 5) is 1.07. The van der Waals surface area contributed by atoms with Gasteiger partial charge in [0.05, 0.1) is 0 Å². The highest BCUT2D eigenvalue weighted by atomic mass is 32.2. The van der Waals surface area contributed by atoms with E-state index in [2.05, 4.69) is 0 Å². The molecular formula is C7H9N2S+. The number of hydrogen-bond acceptors (Lipinski definition) is 1. The molecule has 52 valence electrons. The molecule has 1 aromatic carbocycles. The summed E-state index contributed by atoms with van der Waals surface area (Å²) in [5.41, 5.74) is 5.28. The van der Waals surface area contributed by atoms with Crippen LogP contribution in [0.5, 0.6) is 0 Å². The topological polar surface area (TPSA) is 51.6 Å². The predicted octanol–water partition coefficient (Wildman–Crippen LogP) is -0.148. The van der Waals surface area contributed by atoms with Crippen LogP contribution in [0.3, 0.4) is 0 Å². The largest absolute Gasteiger partial charge is 0.304 e. The second-order valence-corrected chi connectivity index (χ2v) is 2.96. The first-order valence-corrected chi connectivity index (χ1v) is 3.71. The van der Waals surface area contributed by atoms with Crippen molar-refractivity contribution in [3.05, 3.63) is 30.3 Å². The van der Waals surface area contributed by atoms with Crippen LogP contribution >= 0.6 is 11.8 Å². The SMILES string of the molecule is NC(=[NH2+])Sc1ccccc1. The van der Waals surface area contributed by atoms with Gasteiger partial charge in [0.15, 0.2) is 0 Å². The molecule has 0 aliphatic rings. The van der Waals surface area contributed by atoms with Gasteiger partial charge >= 0.3 is 5.17 Å². The van der Waals surface area contributed by atoms with Gasteiger partial charge in [0.2, 0.25) is 0 Å². The van der Waals surface area contributed by atoms with E-state index < -0.39 is 0 Å². The first-order valence-electron chi connectivity index (χ1n) is 2.90. The van der Waals surface area contributed by atoms with E-state index in [1.54, 1.807) is 0 Å². The third-order valence-corrected chi connectivity index (χ3v) is 1.72. The molecule has 1 rings (SSSR count). The van der Waals surface area contributed by atoms with E-state index in [1.807, 2.05) is 30.3 Å². The van der Waals surface area contributed by atoms with Gasteiger partial charge in [-0.3, -0.25) is 11.1 Å². The molecule has 0 aliphatic carbocycles. The highest BCUT2D eigenvalue weighted by molar-refractivity contribution is 8.13. The maximum absolute atomic E-state index is 5.28. The predicted molar refractivity (Wildman–Crippen MR) is 43.4 cm³/mol. The minimum atomic E-state index is 0.381. The van der Waals surface area contributed by atoms with E-state index in [0.717, 1.165) is 4.90 Å². The van der Waals surface area contributed by atoms with Crippen LogP contribution in [-0.4, -0.2) is 5.17 Å². The quantitative estimate of drug-likeness (QED) is 0.335. The Balaban J connectivity index is 2.67. The molecule has 0 atom stereocenters. The zero-order valence-electron chi connectivity index (χ0n) is 5.45. The summed E-state index contributed by atoms with van der Waals surface area (Å²) in [5.74, 6) is 0. The summed E-state index contributed by atoms with van der Waals surface area (Å²) in [6.07, 6.45) is 0. The molecule has 3 heteroatoms. The number of hydrogen-bond donors (Lipinski definition) is 2. The molecule has 0 aliphatic heterocycles. The fourth-order valence-electron chi connectivity index (χ4n) is 0.625. The van der Waals surface area contributed by atoms with Crippen LogP contribution in [0.1, 0.15) is 0 Å². The van der Waals surface area contributed by atoms with Gasteiger partial charge in [-0.05, 0) is 23.9 Å². The van der Waals surface area contributed by atoms with Crippen molar-refractivity contribution in [2.45, 2.75) is 4.90 Å². The third kappa shape index (κ3) is 2.11. The molecular weight excluding hydrogens is 144 g/mol. The first kappa shape index (κ1) is 7.15. The van der Waals surface area contributed by atoms with Crippen LogP contribution in [0.4, 0.5) is 0 Å². The molecule has 10 heavy (non-hydrogen) atoms. The maximum Gasteiger partial charge on any atom is 0.304 e. The molecule has 0 unspecified atom stereocenters. The van der Waals surface area contributed by atoms with Crippen LogP contribution in [0.15, 0.2) is 35.2 Å². The van der Waals surface area contributed by atoms with Crippen molar-refractivity contribution in [1.29, 1.82) is 0 Å². The summed E-state index contributed by atoms with van der Waals surface area (Å²) in [7, 11) is 0. The van der Waals surface area contributed by atoms with Crippen LogP contribution in [-0.2, 0) is 0 Å². The number of thioether (sulfide) groups is 1. The monoisotopic (exact) mass is 153 g/mol. The summed E-state index contributed by atoms with van der Waals surface area (Å²) in [5, 5.41) is 5.66. The second kappa shape index (κ2) is 3.27. The van der Waals surface area contributed by atoms with Crippen LogP contribution in [0.2, 0.25) is 0 Å². The van der Waals surface area contributed by atoms with Crippen molar-refractivity contribution in [3.8, 4) is 0 Å². The molecule has 0 amide bonds. The Morgan fingerprint density at radius 2 is 1.90 bits per heavy atom. The van der Waals surface area contributed by atoms with Crippen LogP contribution < -0.4 is 11.1 Å². The third-order valence-electron chi connectivity index (χ3n) is 0.979. The molecule has 0 radical (unpaired) electrons.